The van der Waals surface area contributed by atoms with Crippen LogP contribution in [0.1, 0.15) is 42.5 Å². The van der Waals surface area contributed by atoms with Gasteiger partial charge in [-0.05, 0) is 43.2 Å². The number of carbonyl (C=O) groups excluding carboxylic acids is 1. The molecule has 0 aliphatic heterocycles. The number of hydrogen-bond donors (Lipinski definition) is 3. The molecular formula is C22H25F2N5O. The topological polar surface area (TPSA) is 84.5 Å². The number of imidazole rings is 1. The van der Waals surface area contributed by atoms with Crippen molar-refractivity contribution in [2.45, 2.75) is 38.1 Å². The number of nitrogens with one attached hydrogen (secondary N) is 2. The molecule has 4 N–H and O–H groups in total. The Balaban J connectivity index is 1.79. The normalized spacial score (nSPS) is 14.8. The molecule has 0 radical (unpaired) electrons. The molecule has 1 aliphatic carbocycles. The first kappa shape index (κ1) is 20.3. The van der Waals surface area contributed by atoms with Crippen molar-refractivity contribution >= 4 is 17.4 Å². The Morgan fingerprint density at radius 3 is 2.73 bits per heavy atom. The Labute approximate surface area is 173 Å². The van der Waals surface area contributed by atoms with E-state index in [1.807, 2.05) is 0 Å². The molecule has 2 heterocycles. The molecule has 0 spiro atoms. The molecule has 6 nitrogen and oxygen atoms in total. The smallest absolute Gasteiger partial charge is 0.251 e. The zero-order valence-electron chi connectivity index (χ0n) is 16.6. The van der Waals surface area contributed by atoms with Gasteiger partial charge in [-0.3, -0.25) is 9.20 Å². The second-order valence-corrected chi connectivity index (χ2v) is 7.60. The summed E-state index contributed by atoms with van der Waals surface area (Å²) in [5.74, 6) is -0.733. The highest BCUT2D eigenvalue weighted by molar-refractivity contribution is 5.95. The van der Waals surface area contributed by atoms with Gasteiger partial charge in [-0.25, -0.2) is 13.8 Å². The van der Waals surface area contributed by atoms with Crippen molar-refractivity contribution < 1.29 is 13.6 Å². The molecule has 1 aromatic carbocycles. The van der Waals surface area contributed by atoms with E-state index >= 15 is 0 Å². The van der Waals surface area contributed by atoms with Crippen molar-refractivity contribution in [2.75, 3.05) is 18.4 Å². The van der Waals surface area contributed by atoms with Crippen LogP contribution in [-0.2, 0) is 0 Å². The Kier molecular flexibility index (Phi) is 5.94. The van der Waals surface area contributed by atoms with Crippen molar-refractivity contribution in [1.82, 2.24) is 14.7 Å². The van der Waals surface area contributed by atoms with Gasteiger partial charge in [0.25, 0.3) is 5.91 Å². The van der Waals surface area contributed by atoms with Crippen LogP contribution in [0.15, 0.2) is 36.5 Å². The fourth-order valence-corrected chi connectivity index (χ4v) is 3.92. The minimum Gasteiger partial charge on any atom is -0.367 e. The summed E-state index contributed by atoms with van der Waals surface area (Å²) in [6.45, 7) is 0.711. The summed E-state index contributed by atoms with van der Waals surface area (Å²) >= 11 is 0. The Bertz CT molecular complexity index is 1060. The molecule has 1 amide bonds. The SMILES string of the molecule is NCCNC(=O)c1ccn2c(NC3CCCCC3)c(-c3cc(F)ccc3F)nc2c1. The lowest BCUT2D eigenvalue weighted by Crippen LogP contribution is -2.29. The van der Waals surface area contributed by atoms with Crippen LogP contribution in [0.3, 0.4) is 0 Å². The van der Waals surface area contributed by atoms with E-state index in [9.17, 15) is 13.6 Å². The largest absolute Gasteiger partial charge is 0.367 e. The predicted molar refractivity (Wildman–Crippen MR) is 112 cm³/mol. The molecular weight excluding hydrogens is 388 g/mol. The number of hydrogen-bond acceptors (Lipinski definition) is 4. The molecule has 1 aliphatic rings. The molecule has 8 heteroatoms. The highest BCUT2D eigenvalue weighted by Crippen LogP contribution is 2.33. The number of nitrogens with two attached hydrogens (primary N) is 1. The summed E-state index contributed by atoms with van der Waals surface area (Å²) in [5, 5.41) is 6.22. The average molecular weight is 413 g/mol. The van der Waals surface area contributed by atoms with Crippen LogP contribution in [0.25, 0.3) is 16.9 Å². The molecule has 0 saturated heterocycles. The molecule has 1 saturated carbocycles. The second-order valence-electron chi connectivity index (χ2n) is 7.60. The summed E-state index contributed by atoms with van der Waals surface area (Å²) < 4.78 is 30.2. The van der Waals surface area contributed by atoms with Gasteiger partial charge < -0.3 is 16.4 Å². The molecule has 30 heavy (non-hydrogen) atoms. The molecule has 1 fully saturated rings. The van der Waals surface area contributed by atoms with Crippen molar-refractivity contribution in [3.8, 4) is 11.3 Å². The number of carbonyl (C=O) groups is 1. The van der Waals surface area contributed by atoms with Crippen molar-refractivity contribution in [3.63, 3.8) is 0 Å². The lowest BCUT2D eigenvalue weighted by Gasteiger charge is -2.24. The number of fused-ring (bicyclic) bond motifs is 1. The Hall–Kier alpha value is -3.00. The zero-order chi connectivity index (χ0) is 21.1. The van der Waals surface area contributed by atoms with Gasteiger partial charge in [0.15, 0.2) is 0 Å². The third-order valence-electron chi connectivity index (χ3n) is 5.45. The number of halogens is 2. The van der Waals surface area contributed by atoms with E-state index < -0.39 is 11.6 Å². The van der Waals surface area contributed by atoms with Gasteiger partial charge in [0.05, 0.1) is 0 Å². The average Bonchev–Trinajstić information content (AvgIpc) is 3.11. The fourth-order valence-electron chi connectivity index (χ4n) is 3.92. The highest BCUT2D eigenvalue weighted by atomic mass is 19.1. The number of anilines is 1. The van der Waals surface area contributed by atoms with Crippen LogP contribution in [0.5, 0.6) is 0 Å². The van der Waals surface area contributed by atoms with Crippen LogP contribution < -0.4 is 16.4 Å². The maximum Gasteiger partial charge on any atom is 0.251 e. The van der Waals surface area contributed by atoms with Crippen LogP contribution in [-0.4, -0.2) is 34.4 Å². The molecule has 0 bridgehead atoms. The van der Waals surface area contributed by atoms with E-state index in [1.54, 1.807) is 22.7 Å². The van der Waals surface area contributed by atoms with Crippen LogP contribution in [0.2, 0.25) is 0 Å². The fraction of sp³-hybridized carbons (Fsp3) is 0.364. The van der Waals surface area contributed by atoms with Gasteiger partial charge in [-0.2, -0.15) is 0 Å². The Morgan fingerprint density at radius 2 is 1.97 bits per heavy atom. The number of benzene rings is 1. The molecule has 3 aromatic rings. The first-order valence-corrected chi connectivity index (χ1v) is 10.3. The van der Waals surface area contributed by atoms with Crippen LogP contribution >= 0.6 is 0 Å². The number of rotatable bonds is 6. The minimum atomic E-state index is -0.549. The van der Waals surface area contributed by atoms with Crippen molar-refractivity contribution in [1.29, 1.82) is 0 Å². The van der Waals surface area contributed by atoms with Gasteiger partial charge in [-0.15, -0.1) is 0 Å². The summed E-state index contributed by atoms with van der Waals surface area (Å²) in [6.07, 6.45) is 7.21. The lowest BCUT2D eigenvalue weighted by atomic mass is 9.95. The third-order valence-corrected chi connectivity index (χ3v) is 5.45. The molecule has 0 atom stereocenters. The molecule has 0 unspecified atom stereocenters. The molecule has 4 rings (SSSR count). The van der Waals surface area contributed by atoms with Crippen LogP contribution in [0, 0.1) is 11.6 Å². The second kappa shape index (κ2) is 8.79. The zero-order valence-corrected chi connectivity index (χ0v) is 16.6. The monoisotopic (exact) mass is 413 g/mol. The van der Waals surface area contributed by atoms with E-state index in [1.165, 1.54) is 6.42 Å². The number of pyridine rings is 1. The van der Waals surface area contributed by atoms with E-state index in [2.05, 4.69) is 15.6 Å². The van der Waals surface area contributed by atoms with Gasteiger partial charge in [-0.1, -0.05) is 19.3 Å². The maximum atomic E-state index is 14.6. The van der Waals surface area contributed by atoms with Crippen molar-refractivity contribution in [2.24, 2.45) is 5.73 Å². The summed E-state index contributed by atoms with van der Waals surface area (Å²) in [4.78, 5) is 16.9. The van der Waals surface area contributed by atoms with E-state index in [4.69, 9.17) is 5.73 Å². The first-order chi connectivity index (χ1) is 14.6. The van der Waals surface area contributed by atoms with Gasteiger partial charge in [0.1, 0.15) is 28.8 Å². The summed E-state index contributed by atoms with van der Waals surface area (Å²) in [7, 11) is 0. The van der Waals surface area contributed by atoms with E-state index in [0.717, 1.165) is 43.9 Å². The number of amides is 1. The number of aromatic nitrogens is 2. The van der Waals surface area contributed by atoms with Gasteiger partial charge >= 0.3 is 0 Å². The predicted octanol–water partition coefficient (Wildman–Crippen LogP) is 3.71. The molecule has 2 aromatic heterocycles. The third kappa shape index (κ3) is 4.14. The van der Waals surface area contributed by atoms with Crippen LogP contribution in [0.4, 0.5) is 14.6 Å². The van der Waals surface area contributed by atoms with E-state index in [0.29, 0.717) is 35.8 Å². The van der Waals surface area contributed by atoms with Gasteiger partial charge in [0, 0.05) is 36.5 Å². The quantitative estimate of drug-likeness (QED) is 0.575. The number of nitrogens with zero attached hydrogens (tertiary/aromatic N) is 2. The van der Waals surface area contributed by atoms with Crippen molar-refractivity contribution in [3.05, 3.63) is 53.7 Å². The Morgan fingerprint density at radius 1 is 1.17 bits per heavy atom. The maximum absolute atomic E-state index is 14.6. The van der Waals surface area contributed by atoms with Gasteiger partial charge in [0.2, 0.25) is 0 Å². The lowest BCUT2D eigenvalue weighted by molar-refractivity contribution is 0.0954. The summed E-state index contributed by atoms with van der Waals surface area (Å²) in [6, 6.07) is 6.89. The summed E-state index contributed by atoms with van der Waals surface area (Å²) in [5.41, 5.74) is 6.77. The molecule has 158 valence electrons. The minimum absolute atomic E-state index is 0.0890. The van der Waals surface area contributed by atoms with E-state index in [-0.39, 0.29) is 17.5 Å². The standard InChI is InChI=1S/C22H25F2N5O/c23-15-6-7-18(24)17(13-15)20-21(27-16-4-2-1-3-5-16)29-11-8-14(12-19(29)28-20)22(30)26-10-9-25/h6-8,11-13,16,27H,1-5,9-10,25H2,(H,26,30). The first-order valence-electron chi connectivity index (χ1n) is 10.3. The highest BCUT2D eigenvalue weighted by Gasteiger charge is 2.22.